The van der Waals surface area contributed by atoms with Crippen LogP contribution in [0.5, 0.6) is 0 Å². The number of carbonyl (C=O) groups is 1. The van der Waals surface area contributed by atoms with Gasteiger partial charge in [-0.05, 0) is 18.1 Å². The van der Waals surface area contributed by atoms with Gasteiger partial charge in [0.05, 0.1) is 11.3 Å². The molecule has 0 unspecified atom stereocenters. The number of nitrogens with one attached hydrogen (secondary N) is 1. The van der Waals surface area contributed by atoms with Crippen molar-refractivity contribution >= 4 is 15.7 Å². The second-order valence-corrected chi connectivity index (χ2v) is 8.22. The van der Waals surface area contributed by atoms with E-state index >= 15 is 0 Å². The fourth-order valence-corrected chi connectivity index (χ4v) is 3.69. The first-order valence-corrected chi connectivity index (χ1v) is 9.19. The minimum Gasteiger partial charge on any atom is -0.352 e. The Morgan fingerprint density at radius 1 is 1.35 bits per heavy atom. The lowest BCUT2D eigenvalue weighted by Gasteiger charge is -2.14. The van der Waals surface area contributed by atoms with E-state index < -0.39 is 33.4 Å². The van der Waals surface area contributed by atoms with Gasteiger partial charge in [-0.3, -0.25) is 4.79 Å². The molecule has 4 nitrogen and oxygen atoms in total. The maximum atomic E-state index is 13.0. The van der Waals surface area contributed by atoms with Crippen LogP contribution in [0.4, 0.5) is 13.2 Å². The first-order valence-electron chi connectivity index (χ1n) is 7.13. The lowest BCUT2D eigenvalue weighted by atomic mass is 10.0. The van der Waals surface area contributed by atoms with Gasteiger partial charge in [-0.15, -0.1) is 0 Å². The van der Waals surface area contributed by atoms with E-state index in [1.165, 1.54) is 25.1 Å². The van der Waals surface area contributed by atoms with Crippen molar-refractivity contribution in [3.63, 3.8) is 0 Å². The Labute approximate surface area is 133 Å². The highest BCUT2D eigenvalue weighted by molar-refractivity contribution is 7.90. The van der Waals surface area contributed by atoms with E-state index in [2.05, 4.69) is 5.32 Å². The first-order chi connectivity index (χ1) is 10.5. The zero-order valence-electron chi connectivity index (χ0n) is 12.7. The van der Waals surface area contributed by atoms with E-state index in [4.69, 9.17) is 0 Å². The molecule has 2 rings (SSSR count). The summed E-state index contributed by atoms with van der Waals surface area (Å²) in [6.07, 6.45) is -2.97. The molecule has 0 heterocycles. The summed E-state index contributed by atoms with van der Waals surface area (Å²) >= 11 is 0. The zero-order valence-corrected chi connectivity index (χ0v) is 13.5. The lowest BCUT2D eigenvalue weighted by Crippen LogP contribution is -2.35. The number of benzene rings is 1. The Bertz CT molecular complexity index is 700. The quantitative estimate of drug-likeness (QED) is 0.888. The third kappa shape index (κ3) is 4.70. The Hall–Kier alpha value is -1.57. The van der Waals surface area contributed by atoms with Gasteiger partial charge in [0.2, 0.25) is 5.91 Å². The predicted molar refractivity (Wildman–Crippen MR) is 79.6 cm³/mol. The van der Waals surface area contributed by atoms with Crippen molar-refractivity contribution in [2.24, 2.45) is 5.92 Å². The van der Waals surface area contributed by atoms with Crippen molar-refractivity contribution in [1.29, 1.82) is 0 Å². The van der Waals surface area contributed by atoms with Crippen molar-refractivity contribution in [3.8, 4) is 0 Å². The third-order valence-corrected chi connectivity index (χ3v) is 4.89. The van der Waals surface area contributed by atoms with Gasteiger partial charge in [0.1, 0.15) is 9.84 Å². The minimum absolute atomic E-state index is 0.168. The van der Waals surface area contributed by atoms with Crippen LogP contribution in [0.2, 0.25) is 0 Å². The Balaban J connectivity index is 2.03. The van der Waals surface area contributed by atoms with Crippen molar-refractivity contribution in [3.05, 3.63) is 35.4 Å². The number of amides is 1. The maximum Gasteiger partial charge on any atom is 0.416 e. The Kier molecular flexibility index (Phi) is 4.75. The molecule has 1 N–H and O–H groups in total. The summed E-state index contributed by atoms with van der Waals surface area (Å²) in [6, 6.07) is 4.93. The molecule has 0 radical (unpaired) electrons. The molecular formula is C15H18F3NO3S. The van der Waals surface area contributed by atoms with E-state index in [0.29, 0.717) is 6.42 Å². The van der Waals surface area contributed by atoms with Crippen molar-refractivity contribution in [2.45, 2.75) is 31.5 Å². The van der Waals surface area contributed by atoms with E-state index in [-0.39, 0.29) is 23.3 Å². The molecule has 3 atom stereocenters. The zero-order chi connectivity index (χ0) is 17.4. The summed E-state index contributed by atoms with van der Waals surface area (Å²) in [5.41, 5.74) is -0.521. The van der Waals surface area contributed by atoms with Gasteiger partial charge >= 0.3 is 6.18 Å². The molecule has 0 bridgehead atoms. The summed E-state index contributed by atoms with van der Waals surface area (Å²) in [7, 11) is -3.29. The number of rotatable bonds is 5. The van der Waals surface area contributed by atoms with Crippen molar-refractivity contribution in [2.75, 3.05) is 12.0 Å². The third-order valence-electron chi connectivity index (χ3n) is 3.78. The van der Waals surface area contributed by atoms with Crippen LogP contribution in [-0.2, 0) is 20.8 Å². The van der Waals surface area contributed by atoms with Gasteiger partial charge in [0.15, 0.2) is 0 Å². The number of hydrogen-bond acceptors (Lipinski definition) is 3. The minimum atomic E-state index is -4.43. The average Bonchev–Trinajstić information content (AvgIpc) is 3.15. The van der Waals surface area contributed by atoms with E-state index in [9.17, 15) is 26.4 Å². The Morgan fingerprint density at radius 2 is 1.96 bits per heavy atom. The van der Waals surface area contributed by atoms with Crippen LogP contribution in [0.1, 0.15) is 30.4 Å². The van der Waals surface area contributed by atoms with Gasteiger partial charge in [0.25, 0.3) is 0 Å². The smallest absolute Gasteiger partial charge is 0.352 e. The highest BCUT2D eigenvalue weighted by atomic mass is 32.2. The Morgan fingerprint density at radius 3 is 2.52 bits per heavy atom. The number of hydrogen-bond donors (Lipinski definition) is 1. The lowest BCUT2D eigenvalue weighted by molar-refractivity contribution is -0.138. The summed E-state index contributed by atoms with van der Waals surface area (Å²) in [4.78, 5) is 11.9. The number of sulfone groups is 1. The fraction of sp³-hybridized carbons (Fsp3) is 0.533. The summed E-state index contributed by atoms with van der Waals surface area (Å²) in [5.74, 6) is -1.85. The van der Waals surface area contributed by atoms with Crippen LogP contribution < -0.4 is 5.32 Å². The number of halogens is 3. The molecule has 1 aromatic carbocycles. The molecule has 0 aromatic heterocycles. The average molecular weight is 349 g/mol. The second kappa shape index (κ2) is 6.14. The standard InChI is InChI=1S/C15H18F3NO3S/c1-9(8-23(2,21)22)14(20)19-13-7-11(13)10-5-3-4-6-12(10)15(16,17)18/h3-6,9,11,13H,7-8H2,1-2H3,(H,19,20)/t9-,11+,13-/m1/s1. The van der Waals surface area contributed by atoms with Crippen LogP contribution in [0.25, 0.3) is 0 Å². The SMILES string of the molecule is C[C@H](CS(C)(=O)=O)C(=O)N[C@@H]1C[C@H]1c1ccccc1C(F)(F)F. The maximum absolute atomic E-state index is 13.0. The monoisotopic (exact) mass is 349 g/mol. The van der Waals surface area contributed by atoms with Gasteiger partial charge in [-0.25, -0.2) is 8.42 Å². The molecule has 0 spiro atoms. The van der Waals surface area contributed by atoms with Crippen LogP contribution >= 0.6 is 0 Å². The molecule has 1 aromatic rings. The van der Waals surface area contributed by atoms with Crippen LogP contribution in [0.15, 0.2) is 24.3 Å². The molecule has 128 valence electrons. The second-order valence-electron chi connectivity index (χ2n) is 6.04. The van der Waals surface area contributed by atoms with Crippen LogP contribution in [-0.4, -0.2) is 32.4 Å². The van der Waals surface area contributed by atoms with E-state index in [0.717, 1.165) is 12.3 Å². The van der Waals surface area contributed by atoms with Gasteiger partial charge in [-0.1, -0.05) is 25.1 Å². The predicted octanol–water partition coefficient (Wildman–Crippen LogP) is 2.36. The topological polar surface area (TPSA) is 63.2 Å². The molecule has 1 aliphatic carbocycles. The highest BCUT2D eigenvalue weighted by Gasteiger charge is 2.45. The van der Waals surface area contributed by atoms with Crippen LogP contribution in [0.3, 0.4) is 0 Å². The summed E-state index contributed by atoms with van der Waals surface area (Å²) < 4.78 is 61.3. The molecule has 1 saturated carbocycles. The summed E-state index contributed by atoms with van der Waals surface area (Å²) in [6.45, 7) is 1.48. The van der Waals surface area contributed by atoms with E-state index in [1.807, 2.05) is 0 Å². The van der Waals surface area contributed by atoms with Crippen molar-refractivity contribution in [1.82, 2.24) is 5.32 Å². The van der Waals surface area contributed by atoms with Crippen LogP contribution in [0, 0.1) is 5.92 Å². The van der Waals surface area contributed by atoms with Gasteiger partial charge in [0, 0.05) is 24.1 Å². The molecule has 1 amide bonds. The summed E-state index contributed by atoms with van der Waals surface area (Å²) in [5, 5.41) is 2.63. The van der Waals surface area contributed by atoms with Gasteiger partial charge in [-0.2, -0.15) is 13.2 Å². The molecule has 1 aliphatic rings. The highest BCUT2D eigenvalue weighted by Crippen LogP contribution is 2.46. The van der Waals surface area contributed by atoms with E-state index in [1.54, 1.807) is 0 Å². The molecule has 0 aliphatic heterocycles. The van der Waals surface area contributed by atoms with Crippen molar-refractivity contribution < 1.29 is 26.4 Å². The normalized spacial score (nSPS) is 22.5. The number of carbonyl (C=O) groups excluding carboxylic acids is 1. The first kappa shape index (κ1) is 17.8. The largest absolute Gasteiger partial charge is 0.416 e. The molecule has 8 heteroatoms. The van der Waals surface area contributed by atoms with Gasteiger partial charge < -0.3 is 5.32 Å². The fourth-order valence-electron chi connectivity index (χ4n) is 2.63. The molecule has 23 heavy (non-hydrogen) atoms. The number of alkyl halides is 3. The molecular weight excluding hydrogens is 331 g/mol. The molecule has 0 saturated heterocycles. The molecule has 1 fully saturated rings.